The van der Waals surface area contributed by atoms with E-state index in [1.54, 1.807) is 0 Å². The molecule has 0 amide bonds. The first-order chi connectivity index (χ1) is 6.00. The van der Waals surface area contributed by atoms with E-state index in [2.05, 4.69) is 0 Å². The number of hydrogen-bond donors (Lipinski definition) is 0. The predicted molar refractivity (Wildman–Crippen MR) is 31.4 cm³/mol. The van der Waals surface area contributed by atoms with E-state index in [1.165, 1.54) is 0 Å². The van der Waals surface area contributed by atoms with E-state index in [9.17, 15) is 0 Å². The molecule has 0 aromatic rings. The van der Waals surface area contributed by atoms with Crippen molar-refractivity contribution in [3.8, 4) is 0 Å². The molecule has 0 aliphatic carbocycles. The summed E-state index contributed by atoms with van der Waals surface area (Å²) < 4.78 is 102. The molecule has 0 spiro atoms. The van der Waals surface area contributed by atoms with Crippen LogP contribution in [0.1, 0.15) is 0 Å². The van der Waals surface area contributed by atoms with Crippen LogP contribution < -0.4 is 0 Å². The molecule has 17 heteroatoms. The Kier molecular flexibility index (Phi) is 21.5. The van der Waals surface area contributed by atoms with Crippen molar-refractivity contribution >= 4 is 31.2 Å². The average Bonchev–Trinajstić information content (AvgIpc) is 1.41. The Balaban J connectivity index is -0.0000000400. The largest absolute Gasteiger partial charge is 0.759 e. The minimum absolute atomic E-state index is 0. The third-order valence-corrected chi connectivity index (χ3v) is 0. The van der Waals surface area contributed by atoms with Crippen LogP contribution in [-0.4, -0.2) is 52.6 Å². The van der Waals surface area contributed by atoms with Crippen molar-refractivity contribution in [2.24, 2.45) is 0 Å². The van der Waals surface area contributed by atoms with Crippen molar-refractivity contribution in [3.05, 3.63) is 0 Å². The second-order valence-electron chi connectivity index (χ2n) is 1.22. The van der Waals surface area contributed by atoms with Gasteiger partial charge in [0.05, 0.1) is 0 Å². The molecule has 0 aromatic heterocycles. The van der Waals surface area contributed by atoms with Crippen LogP contribution in [0.25, 0.3) is 0 Å². The molecule has 12 nitrogen and oxygen atoms in total. The zero-order valence-corrected chi connectivity index (χ0v) is 12.5. The molecule has 0 aromatic carbocycles. The first-order valence-corrected chi connectivity index (χ1v) is 6.00. The van der Waals surface area contributed by atoms with Crippen molar-refractivity contribution in [1.29, 1.82) is 0 Å². The third-order valence-electron chi connectivity index (χ3n) is 0. The summed E-state index contributed by atoms with van der Waals surface area (Å²) >= 11 is 0. The summed E-state index contributed by atoms with van der Waals surface area (Å²) in [6, 6.07) is 0. The minimum atomic E-state index is -5.17. The fourth-order valence-corrected chi connectivity index (χ4v) is 0. The monoisotopic (exact) mass is 494 g/mol. The van der Waals surface area contributed by atoms with Gasteiger partial charge < -0.3 is 27.3 Å². The number of hydrogen-bond acceptors (Lipinski definition) is 12. The maximum absolute atomic E-state index is 8.52. The minimum Gasteiger partial charge on any atom is -0.759 e. The summed E-state index contributed by atoms with van der Waals surface area (Å²) in [5, 5.41) is 0. The van der Waals surface area contributed by atoms with Crippen LogP contribution in [0.15, 0.2) is 0 Å². The van der Waals surface area contributed by atoms with Gasteiger partial charge in [0.15, 0.2) is 0 Å². The zero-order chi connectivity index (χ0) is 13.5. The van der Waals surface area contributed by atoms with E-state index >= 15 is 0 Å². The van der Waals surface area contributed by atoms with Crippen LogP contribution in [0, 0.1) is 0 Å². The molecule has 0 aliphatic heterocycles. The van der Waals surface area contributed by atoms with Crippen LogP contribution in [0.3, 0.4) is 0 Å². The predicted octanol–water partition coefficient (Wildman–Crippen LogP) is -4.02. The molecular weight excluding hydrogens is 494 g/mol. The van der Waals surface area contributed by atoms with Crippen LogP contribution in [0.2, 0.25) is 0 Å². The maximum atomic E-state index is 8.52. The van der Waals surface area contributed by atoms with Gasteiger partial charge >= 0.3 is 0 Å². The molecule has 0 N–H and O–H groups in total. The number of rotatable bonds is 0. The van der Waals surface area contributed by atoms with Crippen LogP contribution in [0.4, 0.5) is 0 Å². The molecule has 17 heavy (non-hydrogen) atoms. The molecular formula is O12Rh2S3-6. The molecule has 0 saturated carbocycles. The first-order valence-electron chi connectivity index (χ1n) is 2.00. The Hall–Kier alpha value is 0.857. The van der Waals surface area contributed by atoms with Gasteiger partial charge in [0.1, 0.15) is 0 Å². The molecule has 0 fully saturated rings. The molecule has 0 heterocycles. The Labute approximate surface area is 122 Å². The second-order valence-corrected chi connectivity index (χ2v) is 3.67. The van der Waals surface area contributed by atoms with E-state index in [1.807, 2.05) is 0 Å². The van der Waals surface area contributed by atoms with E-state index in [4.69, 9.17) is 52.6 Å². The van der Waals surface area contributed by atoms with Gasteiger partial charge in [0, 0.05) is 70.2 Å². The Morgan fingerprint density at radius 3 is 0.412 bits per heavy atom. The summed E-state index contributed by atoms with van der Waals surface area (Å²) in [5.41, 5.74) is 0. The smallest absolute Gasteiger partial charge is 0.0311 e. The molecule has 0 atom stereocenters. The zero-order valence-electron chi connectivity index (χ0n) is 6.79. The van der Waals surface area contributed by atoms with Crippen molar-refractivity contribution < 1.29 is 91.5 Å². The average molecular weight is 494 g/mol. The third kappa shape index (κ3) is 5070. The fraction of sp³-hybridized carbons (Fsp3) is 0. The summed E-state index contributed by atoms with van der Waals surface area (Å²) in [6.45, 7) is 0. The van der Waals surface area contributed by atoms with E-state index in [0.29, 0.717) is 0 Å². The normalized spacial score (nSPS) is 10.2. The van der Waals surface area contributed by atoms with Gasteiger partial charge in [-0.05, 0) is 0 Å². The van der Waals surface area contributed by atoms with Crippen LogP contribution in [0.5, 0.6) is 0 Å². The van der Waals surface area contributed by atoms with Crippen molar-refractivity contribution in [1.82, 2.24) is 0 Å². The van der Waals surface area contributed by atoms with E-state index in [-0.39, 0.29) is 39.0 Å². The fourth-order valence-electron chi connectivity index (χ4n) is 0. The van der Waals surface area contributed by atoms with E-state index in [0.717, 1.165) is 0 Å². The van der Waals surface area contributed by atoms with Crippen molar-refractivity contribution in [3.63, 3.8) is 0 Å². The van der Waals surface area contributed by atoms with Gasteiger partial charge in [-0.3, -0.25) is 25.3 Å². The van der Waals surface area contributed by atoms with Gasteiger partial charge in [0.25, 0.3) is 0 Å². The van der Waals surface area contributed by atoms with Gasteiger partial charge in [0.2, 0.25) is 0 Å². The Bertz CT molecular complexity index is 341. The maximum Gasteiger partial charge on any atom is 0.0311 e. The summed E-state index contributed by atoms with van der Waals surface area (Å²) in [7, 11) is -15.5. The quantitative estimate of drug-likeness (QED) is 0.178. The molecule has 114 valence electrons. The summed E-state index contributed by atoms with van der Waals surface area (Å²) in [6.07, 6.45) is 0. The molecule has 0 rings (SSSR count). The summed E-state index contributed by atoms with van der Waals surface area (Å²) in [5.74, 6) is 0. The second kappa shape index (κ2) is 11.9. The SMILES string of the molecule is O=S(=O)([O-])[O-].O=S(=O)([O-])[O-].O=S(=O)([O-])[O-].[Rh].[Rh]. The standard InChI is InChI=1S/3H2O4S.2Rh/c3*1-5(2,3)4;;/h3*(H2,1,2,3,4);;/p-6. The first kappa shape index (κ1) is 30.7. The molecule has 0 aliphatic rings. The molecule has 0 saturated heterocycles. The molecule has 0 bridgehead atoms. The molecule has 2 radical (unpaired) electrons. The topological polar surface area (TPSA) is 241 Å². The Morgan fingerprint density at radius 2 is 0.412 bits per heavy atom. The van der Waals surface area contributed by atoms with Crippen LogP contribution in [-0.2, 0) is 70.2 Å². The Morgan fingerprint density at radius 1 is 0.412 bits per heavy atom. The van der Waals surface area contributed by atoms with Gasteiger partial charge in [-0.15, -0.1) is 0 Å². The van der Waals surface area contributed by atoms with Crippen LogP contribution >= 0.6 is 0 Å². The van der Waals surface area contributed by atoms with Crippen molar-refractivity contribution in [2.75, 3.05) is 0 Å². The van der Waals surface area contributed by atoms with Gasteiger partial charge in [-0.2, -0.15) is 0 Å². The van der Waals surface area contributed by atoms with Crippen molar-refractivity contribution in [2.45, 2.75) is 0 Å². The summed E-state index contributed by atoms with van der Waals surface area (Å²) in [4.78, 5) is 0. The van der Waals surface area contributed by atoms with E-state index < -0.39 is 31.2 Å². The molecule has 0 unspecified atom stereocenters. The van der Waals surface area contributed by atoms with Gasteiger partial charge in [-0.1, -0.05) is 0 Å². The van der Waals surface area contributed by atoms with Gasteiger partial charge in [-0.25, -0.2) is 0 Å².